The number of nitrogens with one attached hydrogen (secondary N) is 1. The number of hydrogen-bond acceptors (Lipinski definition) is 2. The van der Waals surface area contributed by atoms with Crippen LogP contribution in [-0.4, -0.2) is 30.8 Å². The first kappa shape index (κ1) is 17.7. The zero-order valence-corrected chi connectivity index (χ0v) is 14.2. The van der Waals surface area contributed by atoms with Crippen LogP contribution < -0.4 is 11.1 Å². The molecule has 0 saturated carbocycles. The molecule has 1 aliphatic heterocycles. The van der Waals surface area contributed by atoms with E-state index in [2.05, 4.69) is 37.7 Å². The van der Waals surface area contributed by atoms with Crippen LogP contribution in [0.25, 0.3) is 0 Å². The lowest BCUT2D eigenvalue weighted by Gasteiger charge is -2.22. The van der Waals surface area contributed by atoms with Crippen LogP contribution in [0.4, 0.5) is 0 Å². The van der Waals surface area contributed by atoms with Gasteiger partial charge in [0, 0.05) is 24.6 Å². The van der Waals surface area contributed by atoms with Crippen LogP contribution in [0.2, 0.25) is 0 Å². The highest BCUT2D eigenvalue weighted by molar-refractivity contribution is 14.0. The van der Waals surface area contributed by atoms with Gasteiger partial charge in [-0.05, 0) is 34.1 Å². The number of aliphatic imine (C=N–C) groups is 1. The molecule has 0 amide bonds. The van der Waals surface area contributed by atoms with Gasteiger partial charge in [0.2, 0.25) is 0 Å². The summed E-state index contributed by atoms with van der Waals surface area (Å²) in [6, 6.07) is 0. The second-order valence-electron chi connectivity index (χ2n) is 5.79. The SMILES string of the molecule is C=C(C)C1OCCC1CN=C(N)NC(C)(C)C.I. The summed E-state index contributed by atoms with van der Waals surface area (Å²) in [5.41, 5.74) is 6.86. The normalized spacial score (nSPS) is 24.6. The van der Waals surface area contributed by atoms with Gasteiger partial charge in [-0.2, -0.15) is 0 Å². The lowest BCUT2D eigenvalue weighted by molar-refractivity contribution is 0.120. The van der Waals surface area contributed by atoms with Crippen molar-refractivity contribution in [2.75, 3.05) is 13.2 Å². The minimum absolute atomic E-state index is 0. The molecule has 0 aliphatic carbocycles. The second kappa shape index (κ2) is 7.33. The molecule has 106 valence electrons. The quantitative estimate of drug-likeness (QED) is 0.348. The molecule has 1 fully saturated rings. The van der Waals surface area contributed by atoms with Crippen molar-refractivity contribution in [1.29, 1.82) is 0 Å². The molecule has 0 spiro atoms. The number of nitrogens with zero attached hydrogens (tertiary/aromatic N) is 1. The van der Waals surface area contributed by atoms with Gasteiger partial charge in [0.15, 0.2) is 5.96 Å². The van der Waals surface area contributed by atoms with Gasteiger partial charge in [-0.25, -0.2) is 0 Å². The highest BCUT2D eigenvalue weighted by Crippen LogP contribution is 2.25. The van der Waals surface area contributed by atoms with E-state index in [0.29, 0.717) is 18.4 Å². The number of halogens is 1. The monoisotopic (exact) mass is 367 g/mol. The first-order valence-electron chi connectivity index (χ1n) is 6.14. The van der Waals surface area contributed by atoms with Crippen molar-refractivity contribution in [3.63, 3.8) is 0 Å². The summed E-state index contributed by atoms with van der Waals surface area (Å²) in [5, 5.41) is 3.15. The van der Waals surface area contributed by atoms with Crippen LogP contribution in [-0.2, 0) is 4.74 Å². The van der Waals surface area contributed by atoms with Crippen molar-refractivity contribution < 1.29 is 4.74 Å². The zero-order chi connectivity index (χ0) is 13.1. The Balaban J connectivity index is 0.00000289. The molecule has 2 atom stereocenters. The van der Waals surface area contributed by atoms with Crippen LogP contribution in [0.15, 0.2) is 17.1 Å². The maximum absolute atomic E-state index is 5.84. The number of nitrogens with two attached hydrogens (primary N) is 1. The average Bonchev–Trinajstić information content (AvgIpc) is 2.59. The zero-order valence-electron chi connectivity index (χ0n) is 11.8. The summed E-state index contributed by atoms with van der Waals surface area (Å²) in [4.78, 5) is 4.39. The minimum atomic E-state index is -0.0481. The highest BCUT2D eigenvalue weighted by atomic mass is 127. The van der Waals surface area contributed by atoms with Crippen molar-refractivity contribution in [2.24, 2.45) is 16.6 Å². The van der Waals surface area contributed by atoms with Gasteiger partial charge in [0.1, 0.15) is 0 Å². The summed E-state index contributed by atoms with van der Waals surface area (Å²) in [5.74, 6) is 0.915. The summed E-state index contributed by atoms with van der Waals surface area (Å²) < 4.78 is 5.63. The number of rotatable bonds is 3. The topological polar surface area (TPSA) is 59.6 Å². The van der Waals surface area contributed by atoms with Crippen molar-refractivity contribution in [3.05, 3.63) is 12.2 Å². The molecule has 3 N–H and O–H groups in total. The molecule has 18 heavy (non-hydrogen) atoms. The number of hydrogen-bond donors (Lipinski definition) is 2. The van der Waals surface area contributed by atoms with E-state index in [1.807, 2.05) is 6.92 Å². The van der Waals surface area contributed by atoms with E-state index in [4.69, 9.17) is 10.5 Å². The van der Waals surface area contributed by atoms with E-state index in [9.17, 15) is 0 Å². The largest absolute Gasteiger partial charge is 0.374 e. The lowest BCUT2D eigenvalue weighted by Crippen LogP contribution is -2.45. The summed E-state index contributed by atoms with van der Waals surface area (Å²) in [6.45, 7) is 13.6. The molecule has 0 aromatic rings. The van der Waals surface area contributed by atoms with Gasteiger partial charge in [0.05, 0.1) is 6.10 Å². The molecular formula is C13H26IN3O. The van der Waals surface area contributed by atoms with E-state index >= 15 is 0 Å². The fourth-order valence-electron chi connectivity index (χ4n) is 2.00. The van der Waals surface area contributed by atoms with Crippen molar-refractivity contribution in [2.45, 2.75) is 45.8 Å². The average molecular weight is 367 g/mol. The second-order valence-corrected chi connectivity index (χ2v) is 5.79. The molecule has 2 unspecified atom stereocenters. The molecule has 0 aromatic heterocycles. The Bertz CT molecular complexity index is 310. The molecule has 1 heterocycles. The van der Waals surface area contributed by atoms with Crippen LogP contribution in [0.5, 0.6) is 0 Å². The fourth-order valence-corrected chi connectivity index (χ4v) is 2.00. The van der Waals surface area contributed by atoms with Crippen molar-refractivity contribution >= 4 is 29.9 Å². The maximum atomic E-state index is 5.84. The molecular weight excluding hydrogens is 341 g/mol. The van der Waals surface area contributed by atoms with E-state index < -0.39 is 0 Å². The Labute approximate surface area is 127 Å². The van der Waals surface area contributed by atoms with Crippen LogP contribution >= 0.6 is 24.0 Å². The van der Waals surface area contributed by atoms with Gasteiger partial charge in [-0.1, -0.05) is 12.2 Å². The summed E-state index contributed by atoms with van der Waals surface area (Å²) in [7, 11) is 0. The van der Waals surface area contributed by atoms with Gasteiger partial charge in [-0.3, -0.25) is 4.99 Å². The minimum Gasteiger partial charge on any atom is -0.374 e. The van der Waals surface area contributed by atoms with E-state index in [1.54, 1.807) is 0 Å². The molecule has 1 saturated heterocycles. The molecule has 0 aromatic carbocycles. The smallest absolute Gasteiger partial charge is 0.188 e. The number of guanidine groups is 1. The highest BCUT2D eigenvalue weighted by Gasteiger charge is 2.28. The first-order chi connectivity index (χ1) is 7.79. The Morgan fingerprint density at radius 2 is 2.11 bits per heavy atom. The van der Waals surface area contributed by atoms with E-state index in [1.165, 1.54) is 0 Å². The molecule has 5 heteroatoms. The van der Waals surface area contributed by atoms with Gasteiger partial charge < -0.3 is 15.8 Å². The molecule has 4 nitrogen and oxygen atoms in total. The maximum Gasteiger partial charge on any atom is 0.188 e. The standard InChI is InChI=1S/C13H25N3O.HI/c1-9(2)11-10(6-7-17-11)8-15-12(14)16-13(3,4)5;/h10-11H,1,6-8H2,2-5H3,(H3,14,15,16);1H. The molecule has 1 rings (SSSR count). The third kappa shape index (κ3) is 6.04. The van der Waals surface area contributed by atoms with Crippen LogP contribution in [0.1, 0.15) is 34.1 Å². The predicted molar refractivity (Wildman–Crippen MR) is 87.5 cm³/mol. The van der Waals surface area contributed by atoms with E-state index in [-0.39, 0.29) is 35.6 Å². The van der Waals surface area contributed by atoms with Gasteiger partial charge >= 0.3 is 0 Å². The Kier molecular flexibility index (Phi) is 7.21. The first-order valence-corrected chi connectivity index (χ1v) is 6.14. The number of ether oxygens (including phenoxy) is 1. The summed E-state index contributed by atoms with van der Waals surface area (Å²) in [6.07, 6.45) is 1.17. The Hall–Kier alpha value is -0.300. The van der Waals surface area contributed by atoms with E-state index in [0.717, 1.165) is 18.6 Å². The molecule has 1 aliphatic rings. The predicted octanol–water partition coefficient (Wildman–Crippen LogP) is 2.29. The van der Waals surface area contributed by atoms with Gasteiger partial charge in [0.25, 0.3) is 0 Å². The summed E-state index contributed by atoms with van der Waals surface area (Å²) >= 11 is 0. The molecule has 0 bridgehead atoms. The Morgan fingerprint density at radius 3 is 2.61 bits per heavy atom. The molecule has 0 radical (unpaired) electrons. The van der Waals surface area contributed by atoms with Crippen LogP contribution in [0.3, 0.4) is 0 Å². The van der Waals surface area contributed by atoms with Crippen molar-refractivity contribution in [1.82, 2.24) is 5.32 Å². The van der Waals surface area contributed by atoms with Crippen LogP contribution in [0, 0.1) is 5.92 Å². The third-order valence-electron chi connectivity index (χ3n) is 2.70. The van der Waals surface area contributed by atoms with Crippen molar-refractivity contribution in [3.8, 4) is 0 Å². The fraction of sp³-hybridized carbons (Fsp3) is 0.769. The lowest BCUT2D eigenvalue weighted by atomic mass is 9.97. The Morgan fingerprint density at radius 1 is 1.50 bits per heavy atom. The van der Waals surface area contributed by atoms with Gasteiger partial charge in [-0.15, -0.1) is 24.0 Å². The third-order valence-corrected chi connectivity index (χ3v) is 2.70.